The van der Waals surface area contributed by atoms with Crippen molar-refractivity contribution < 1.29 is 49.0 Å². The molecule has 2 rings (SSSR count). The van der Waals surface area contributed by atoms with Gasteiger partial charge in [-0.25, -0.2) is 9.59 Å². The minimum Gasteiger partial charge on any atom is -0.479 e. The lowest BCUT2D eigenvalue weighted by Crippen LogP contribution is -2.61. The van der Waals surface area contributed by atoms with Crippen LogP contribution in [0.1, 0.15) is 51.7 Å². The van der Waals surface area contributed by atoms with Gasteiger partial charge in [0.15, 0.2) is 6.10 Å². The molecule has 1 amide bonds. The van der Waals surface area contributed by atoms with Crippen LogP contribution in [0.4, 0.5) is 4.79 Å². The summed E-state index contributed by atoms with van der Waals surface area (Å²) in [5, 5.41) is 48.8. The molecule has 0 saturated carbocycles. The topological polar surface area (TPSA) is 196 Å². The molecule has 13 heteroatoms. The van der Waals surface area contributed by atoms with Crippen molar-refractivity contribution in [3.63, 3.8) is 0 Å². The number of aliphatic hydroxyl groups excluding tert-OH is 3. The Hall–Kier alpha value is -2.81. The van der Waals surface area contributed by atoms with Gasteiger partial charge in [0.25, 0.3) is 0 Å². The molecule has 226 valence electrons. The van der Waals surface area contributed by atoms with Gasteiger partial charge in [-0.3, -0.25) is 4.79 Å². The third kappa shape index (κ3) is 11.0. The summed E-state index contributed by atoms with van der Waals surface area (Å²) >= 11 is 0. The molecule has 0 bridgehead atoms. The van der Waals surface area contributed by atoms with Crippen molar-refractivity contribution in [3.8, 4) is 5.75 Å². The highest BCUT2D eigenvalue weighted by Gasteiger charge is 2.48. The lowest BCUT2D eigenvalue weighted by molar-refractivity contribution is -0.271. The number of carboxylic acid groups (broad SMARTS) is 1. The first kappa shape index (κ1) is 33.4. The Labute approximate surface area is 234 Å². The second kappa shape index (κ2) is 16.5. The van der Waals surface area contributed by atoms with E-state index in [2.05, 4.69) is 16.0 Å². The normalized spacial score (nSPS) is 22.8. The van der Waals surface area contributed by atoms with Crippen LogP contribution in [0.3, 0.4) is 0 Å². The molecule has 1 saturated heterocycles. The molecule has 13 nitrogen and oxygen atoms in total. The van der Waals surface area contributed by atoms with E-state index in [0.717, 1.165) is 0 Å². The fourth-order valence-corrected chi connectivity index (χ4v) is 3.95. The molecule has 1 heterocycles. The smallest absolute Gasteiger partial charge is 0.407 e. The highest BCUT2D eigenvalue weighted by molar-refractivity contribution is 5.81. The predicted octanol–water partition coefficient (Wildman–Crippen LogP) is 0.0716. The molecule has 1 aromatic carbocycles. The van der Waals surface area contributed by atoms with Gasteiger partial charge in [-0.1, -0.05) is 33.8 Å². The van der Waals surface area contributed by atoms with E-state index in [0.29, 0.717) is 49.6 Å². The fraction of sp³-hybridized carbons (Fsp3) is 0.667. The molecule has 40 heavy (non-hydrogen) atoms. The molecule has 0 radical (unpaired) electrons. The second-order valence-corrected chi connectivity index (χ2v) is 10.3. The Morgan fingerprint density at radius 3 is 2.27 bits per heavy atom. The van der Waals surface area contributed by atoms with E-state index < -0.39 is 42.8 Å². The lowest BCUT2D eigenvalue weighted by atomic mass is 9.98. The van der Waals surface area contributed by atoms with E-state index in [1.807, 2.05) is 27.7 Å². The fourth-order valence-electron chi connectivity index (χ4n) is 3.95. The van der Waals surface area contributed by atoms with Crippen LogP contribution >= 0.6 is 0 Å². The number of alkyl carbamates (subject to hydrolysis) is 1. The van der Waals surface area contributed by atoms with Gasteiger partial charge in [-0.15, -0.1) is 0 Å². The third-order valence-corrected chi connectivity index (χ3v) is 6.07. The number of aliphatic hydroxyl groups is 3. The number of ketones is 1. The van der Waals surface area contributed by atoms with Crippen LogP contribution in [0.25, 0.3) is 0 Å². The van der Waals surface area contributed by atoms with Gasteiger partial charge in [-0.05, 0) is 30.7 Å². The van der Waals surface area contributed by atoms with Gasteiger partial charge in [0.1, 0.15) is 36.5 Å². The Morgan fingerprint density at radius 1 is 0.950 bits per heavy atom. The minimum atomic E-state index is -1.86. The summed E-state index contributed by atoms with van der Waals surface area (Å²) < 4.78 is 16.2. The van der Waals surface area contributed by atoms with Crippen LogP contribution in [0, 0.1) is 0 Å². The number of rotatable bonds is 16. The maximum Gasteiger partial charge on any atom is 0.407 e. The number of nitrogens with one attached hydrogen (secondary N) is 3. The average molecular weight is 570 g/mol. The summed E-state index contributed by atoms with van der Waals surface area (Å²) in [6, 6.07) is 5.26. The van der Waals surface area contributed by atoms with Gasteiger partial charge in [0.2, 0.25) is 6.29 Å². The number of ether oxygens (including phenoxy) is 3. The van der Waals surface area contributed by atoms with Crippen LogP contribution in [-0.2, 0) is 32.1 Å². The number of amides is 1. The van der Waals surface area contributed by atoms with Crippen molar-refractivity contribution in [1.29, 1.82) is 0 Å². The minimum absolute atomic E-state index is 0.0473. The molecule has 0 spiro atoms. The molecule has 1 fully saturated rings. The van der Waals surface area contributed by atoms with Gasteiger partial charge >= 0.3 is 12.1 Å². The average Bonchev–Trinajstić information content (AvgIpc) is 2.88. The van der Waals surface area contributed by atoms with Crippen molar-refractivity contribution in [2.45, 2.75) is 96.4 Å². The molecule has 5 atom stereocenters. The number of carbonyl (C=O) groups is 3. The van der Waals surface area contributed by atoms with E-state index in [1.54, 1.807) is 12.1 Å². The van der Waals surface area contributed by atoms with Crippen LogP contribution in [-0.4, -0.2) is 101 Å². The zero-order chi connectivity index (χ0) is 29.8. The van der Waals surface area contributed by atoms with E-state index in [9.17, 15) is 34.8 Å². The molecular formula is C27H43N3O10. The summed E-state index contributed by atoms with van der Waals surface area (Å²) in [5.41, 5.74) is 0.962. The van der Waals surface area contributed by atoms with Crippen molar-refractivity contribution >= 4 is 17.8 Å². The summed E-state index contributed by atoms with van der Waals surface area (Å²) in [4.78, 5) is 36.2. The van der Waals surface area contributed by atoms with Crippen LogP contribution in [0.5, 0.6) is 5.75 Å². The SMILES string of the molecule is CC(C)NCCCC(=O)Cc1cc(COC(=O)NCCNC(C)C)ccc1O[C@H]1O[C@@H](C(=O)O)[C@H](O)[C@@H](O)[C@@H]1O. The van der Waals surface area contributed by atoms with E-state index in [-0.39, 0.29) is 30.6 Å². The summed E-state index contributed by atoms with van der Waals surface area (Å²) in [5.74, 6) is -1.52. The second-order valence-electron chi connectivity index (χ2n) is 10.3. The molecule has 0 unspecified atom stereocenters. The molecule has 7 N–H and O–H groups in total. The van der Waals surface area contributed by atoms with Crippen LogP contribution in [0.15, 0.2) is 18.2 Å². The monoisotopic (exact) mass is 569 g/mol. The number of benzene rings is 1. The number of hydrogen-bond donors (Lipinski definition) is 7. The van der Waals surface area contributed by atoms with Gasteiger partial charge in [-0.2, -0.15) is 0 Å². The Kier molecular flexibility index (Phi) is 13.7. The number of carbonyl (C=O) groups excluding carboxylic acids is 2. The maximum atomic E-state index is 12.8. The highest BCUT2D eigenvalue weighted by Crippen LogP contribution is 2.28. The Balaban J connectivity index is 2.13. The highest BCUT2D eigenvalue weighted by atomic mass is 16.7. The number of hydrogen-bond acceptors (Lipinski definition) is 11. The molecule has 1 aliphatic rings. The van der Waals surface area contributed by atoms with Crippen molar-refractivity contribution in [2.75, 3.05) is 19.6 Å². The Bertz CT molecular complexity index is 974. The van der Waals surface area contributed by atoms with Crippen molar-refractivity contribution in [1.82, 2.24) is 16.0 Å². The standard InChI is InChI=1S/C27H43N3O10/c1-15(2)28-9-5-6-19(31)13-18-12-17(14-38-27(37)30-11-10-29-16(3)4)7-8-20(18)39-26-23(34)21(32)22(33)24(40-26)25(35)36/h7-8,12,15-16,21-24,26,28-29,32-34H,5-6,9-11,13-14H2,1-4H3,(H,30,37)(H,35,36)/t21-,22-,23+,24-,26+/m1/s1. The lowest BCUT2D eigenvalue weighted by Gasteiger charge is -2.38. The molecule has 0 aliphatic carbocycles. The van der Waals surface area contributed by atoms with E-state index >= 15 is 0 Å². The zero-order valence-corrected chi connectivity index (χ0v) is 23.5. The van der Waals surface area contributed by atoms with Crippen molar-refractivity contribution in [2.24, 2.45) is 0 Å². The zero-order valence-electron chi connectivity index (χ0n) is 23.5. The number of Topliss-reactive ketones (excluding diaryl/α,β-unsaturated/α-hetero) is 1. The van der Waals surface area contributed by atoms with Gasteiger partial charge in [0, 0.05) is 43.6 Å². The first-order valence-electron chi connectivity index (χ1n) is 13.5. The molecule has 1 aromatic rings. The van der Waals surface area contributed by atoms with Gasteiger partial charge < -0.3 is 50.6 Å². The first-order chi connectivity index (χ1) is 18.9. The van der Waals surface area contributed by atoms with Gasteiger partial charge in [0.05, 0.1) is 0 Å². The van der Waals surface area contributed by atoms with Crippen LogP contribution < -0.4 is 20.7 Å². The third-order valence-electron chi connectivity index (χ3n) is 6.07. The number of aliphatic carboxylic acids is 1. The largest absolute Gasteiger partial charge is 0.479 e. The summed E-state index contributed by atoms with van der Waals surface area (Å²) in [6.45, 7) is 9.56. The Morgan fingerprint density at radius 2 is 1.62 bits per heavy atom. The summed E-state index contributed by atoms with van der Waals surface area (Å²) in [7, 11) is 0. The summed E-state index contributed by atoms with van der Waals surface area (Å²) in [6.07, 6.45) is -8.65. The van der Waals surface area contributed by atoms with Crippen LogP contribution in [0.2, 0.25) is 0 Å². The van der Waals surface area contributed by atoms with E-state index in [4.69, 9.17) is 14.2 Å². The number of carboxylic acids is 1. The molecule has 0 aromatic heterocycles. The molecular weight excluding hydrogens is 526 g/mol. The first-order valence-corrected chi connectivity index (χ1v) is 13.5. The molecule has 1 aliphatic heterocycles. The quantitative estimate of drug-likeness (QED) is 0.133. The van der Waals surface area contributed by atoms with Crippen molar-refractivity contribution in [3.05, 3.63) is 29.3 Å². The maximum absolute atomic E-state index is 12.8. The predicted molar refractivity (Wildman–Crippen MR) is 144 cm³/mol. The van der Waals surface area contributed by atoms with E-state index in [1.165, 1.54) is 6.07 Å².